The van der Waals surface area contributed by atoms with Crippen molar-refractivity contribution in [2.45, 2.75) is 6.92 Å². The Morgan fingerprint density at radius 1 is 0.938 bits per heavy atom. The first-order chi connectivity index (χ1) is 15.5. The number of hydrogen-bond acceptors (Lipinski definition) is 4. The number of aromatic nitrogens is 1. The molecule has 7 heteroatoms. The van der Waals surface area contributed by atoms with E-state index in [0.29, 0.717) is 11.1 Å². The van der Waals surface area contributed by atoms with E-state index in [-0.39, 0.29) is 5.69 Å². The Labute approximate surface area is 184 Å². The number of nitro groups is 1. The smallest absolute Gasteiger partial charge is 0.278 e. The van der Waals surface area contributed by atoms with Crippen LogP contribution in [0, 0.1) is 17.0 Å². The maximum absolute atomic E-state index is 12.4. The van der Waals surface area contributed by atoms with Crippen molar-refractivity contribution in [3.8, 4) is 16.9 Å². The molecule has 0 aliphatic rings. The molecule has 1 N–H and O–H groups in total. The Morgan fingerprint density at radius 2 is 1.62 bits per heavy atom. The predicted molar refractivity (Wildman–Crippen MR) is 124 cm³/mol. The van der Waals surface area contributed by atoms with Gasteiger partial charge >= 0.3 is 0 Å². The summed E-state index contributed by atoms with van der Waals surface area (Å²) in [6, 6.07) is 27.6. The van der Waals surface area contributed by atoms with Gasteiger partial charge in [-0.3, -0.25) is 14.9 Å². The third kappa shape index (κ3) is 4.32. The molecule has 158 valence electrons. The minimum absolute atomic E-state index is 0.0776. The molecule has 0 saturated carbocycles. The van der Waals surface area contributed by atoms with Crippen molar-refractivity contribution in [1.29, 1.82) is 0 Å². The van der Waals surface area contributed by atoms with E-state index in [0.717, 1.165) is 22.6 Å². The van der Waals surface area contributed by atoms with Crippen molar-refractivity contribution < 1.29 is 9.72 Å². The van der Waals surface area contributed by atoms with Crippen LogP contribution < -0.4 is 5.43 Å². The van der Waals surface area contributed by atoms with E-state index in [2.05, 4.69) is 39.4 Å². The number of hydrogen-bond donors (Lipinski definition) is 1. The molecule has 0 unspecified atom stereocenters. The third-order valence-electron chi connectivity index (χ3n) is 5.04. The molecule has 0 aliphatic carbocycles. The molecule has 32 heavy (non-hydrogen) atoms. The highest BCUT2D eigenvalue weighted by atomic mass is 16.6. The summed E-state index contributed by atoms with van der Waals surface area (Å²) in [6.07, 6.45) is 1.26. The highest BCUT2D eigenvalue weighted by Crippen LogP contribution is 2.26. The molecular weight excluding hydrogens is 404 g/mol. The fraction of sp³-hybridized carbons (Fsp3) is 0.0400. The number of nitro benzene ring substituents is 1. The van der Waals surface area contributed by atoms with Crippen molar-refractivity contribution in [3.63, 3.8) is 0 Å². The number of para-hydroxylation sites is 1. The summed E-state index contributed by atoms with van der Waals surface area (Å²) in [6.45, 7) is 2.03. The number of benzene rings is 3. The van der Waals surface area contributed by atoms with E-state index in [4.69, 9.17) is 0 Å². The molecule has 3 aromatic carbocycles. The van der Waals surface area contributed by atoms with Crippen molar-refractivity contribution in [3.05, 3.63) is 118 Å². The molecule has 0 saturated heterocycles. The van der Waals surface area contributed by atoms with Crippen molar-refractivity contribution in [2.75, 3.05) is 0 Å². The SMILES string of the molecule is Cc1ccc(-c2ccccc2)n1-c1ccc(C(=O)N/N=C/c2ccccc2[N+](=O)[O-])cc1. The van der Waals surface area contributed by atoms with Gasteiger partial charge in [0.25, 0.3) is 11.6 Å². The van der Waals surface area contributed by atoms with Gasteiger partial charge in [-0.1, -0.05) is 42.5 Å². The van der Waals surface area contributed by atoms with E-state index in [9.17, 15) is 14.9 Å². The lowest BCUT2D eigenvalue weighted by molar-refractivity contribution is -0.385. The van der Waals surface area contributed by atoms with E-state index in [1.165, 1.54) is 12.3 Å². The van der Waals surface area contributed by atoms with Crippen LogP contribution in [0.4, 0.5) is 5.69 Å². The van der Waals surface area contributed by atoms with Gasteiger partial charge in [0.15, 0.2) is 0 Å². The molecule has 0 radical (unpaired) electrons. The lowest BCUT2D eigenvalue weighted by atomic mass is 10.1. The number of nitrogens with zero attached hydrogens (tertiary/aromatic N) is 3. The van der Waals surface area contributed by atoms with Gasteiger partial charge in [-0.15, -0.1) is 0 Å². The van der Waals surface area contributed by atoms with Crippen LogP contribution in [0.3, 0.4) is 0 Å². The normalized spacial score (nSPS) is 10.9. The highest BCUT2D eigenvalue weighted by Gasteiger charge is 2.12. The number of hydrazone groups is 1. The summed E-state index contributed by atoms with van der Waals surface area (Å²) in [5.74, 6) is -0.404. The Morgan fingerprint density at radius 3 is 2.34 bits per heavy atom. The first kappa shape index (κ1) is 20.7. The van der Waals surface area contributed by atoms with Gasteiger partial charge in [0, 0.05) is 23.0 Å². The highest BCUT2D eigenvalue weighted by molar-refractivity contribution is 5.95. The molecule has 0 aliphatic heterocycles. The zero-order valence-electron chi connectivity index (χ0n) is 17.3. The molecule has 0 fully saturated rings. The molecule has 0 spiro atoms. The van der Waals surface area contributed by atoms with Gasteiger partial charge < -0.3 is 4.57 Å². The first-order valence-corrected chi connectivity index (χ1v) is 9.95. The van der Waals surface area contributed by atoms with Crippen molar-refractivity contribution in [1.82, 2.24) is 9.99 Å². The van der Waals surface area contributed by atoms with E-state index in [1.54, 1.807) is 30.3 Å². The summed E-state index contributed by atoms with van der Waals surface area (Å²) in [5, 5.41) is 14.9. The number of amides is 1. The van der Waals surface area contributed by atoms with Crippen LogP contribution >= 0.6 is 0 Å². The summed E-state index contributed by atoms with van der Waals surface area (Å²) < 4.78 is 2.13. The largest absolute Gasteiger partial charge is 0.314 e. The lowest BCUT2D eigenvalue weighted by Gasteiger charge is -2.12. The molecule has 4 rings (SSSR count). The Balaban J connectivity index is 1.51. The van der Waals surface area contributed by atoms with E-state index < -0.39 is 10.8 Å². The maximum atomic E-state index is 12.4. The number of carbonyl (C=O) groups is 1. The monoisotopic (exact) mass is 424 g/mol. The minimum Gasteiger partial charge on any atom is -0.314 e. The van der Waals surface area contributed by atoms with Gasteiger partial charge in [-0.2, -0.15) is 5.10 Å². The molecule has 0 atom stereocenters. The zero-order valence-corrected chi connectivity index (χ0v) is 17.3. The Bertz CT molecular complexity index is 1290. The summed E-state index contributed by atoms with van der Waals surface area (Å²) in [5.41, 5.74) is 7.26. The second-order valence-corrected chi connectivity index (χ2v) is 7.12. The maximum Gasteiger partial charge on any atom is 0.278 e. The topological polar surface area (TPSA) is 89.5 Å². The molecule has 7 nitrogen and oxygen atoms in total. The van der Waals surface area contributed by atoms with Gasteiger partial charge in [0.1, 0.15) is 0 Å². The van der Waals surface area contributed by atoms with E-state index >= 15 is 0 Å². The average molecular weight is 424 g/mol. The summed E-state index contributed by atoms with van der Waals surface area (Å²) >= 11 is 0. The second-order valence-electron chi connectivity index (χ2n) is 7.12. The van der Waals surface area contributed by atoms with Crippen LogP contribution in [0.15, 0.2) is 96.1 Å². The Hall–Kier alpha value is -4.52. The van der Waals surface area contributed by atoms with Crippen molar-refractivity contribution >= 4 is 17.8 Å². The fourth-order valence-electron chi connectivity index (χ4n) is 3.47. The molecule has 0 bridgehead atoms. The number of aryl methyl sites for hydroxylation is 1. The molecule has 4 aromatic rings. The number of nitrogens with one attached hydrogen (secondary N) is 1. The van der Waals surface area contributed by atoms with Crippen LogP contribution in [0.2, 0.25) is 0 Å². The fourth-order valence-corrected chi connectivity index (χ4v) is 3.47. The van der Waals surface area contributed by atoms with Gasteiger partial charge in [0.2, 0.25) is 0 Å². The molecular formula is C25H20N4O3. The van der Waals surface area contributed by atoms with Gasteiger partial charge in [-0.05, 0) is 55.0 Å². The predicted octanol–water partition coefficient (Wildman–Crippen LogP) is 5.12. The standard InChI is InChI=1S/C25H20N4O3/c1-18-11-16-23(19-7-3-2-4-8-19)28(18)22-14-12-20(13-15-22)25(30)27-26-17-21-9-5-6-10-24(21)29(31)32/h2-17H,1H3,(H,27,30)/b26-17+. The molecule has 1 heterocycles. The quantitative estimate of drug-likeness (QED) is 0.264. The minimum atomic E-state index is -0.491. The second kappa shape index (κ2) is 9.09. The first-order valence-electron chi connectivity index (χ1n) is 9.95. The lowest BCUT2D eigenvalue weighted by Crippen LogP contribution is -2.17. The summed E-state index contributed by atoms with van der Waals surface area (Å²) in [7, 11) is 0. The van der Waals surface area contributed by atoms with Crippen LogP contribution in [0.5, 0.6) is 0 Å². The van der Waals surface area contributed by atoms with Crippen LogP contribution in [0.1, 0.15) is 21.6 Å². The average Bonchev–Trinajstić information content (AvgIpc) is 3.21. The van der Waals surface area contributed by atoms with Crippen LogP contribution in [-0.2, 0) is 0 Å². The summed E-state index contributed by atoms with van der Waals surface area (Å²) in [4.78, 5) is 23.0. The molecule has 1 amide bonds. The van der Waals surface area contributed by atoms with Crippen LogP contribution in [0.25, 0.3) is 16.9 Å². The number of carbonyl (C=O) groups excluding carboxylic acids is 1. The zero-order chi connectivity index (χ0) is 22.5. The molecule has 1 aromatic heterocycles. The van der Waals surface area contributed by atoms with Crippen molar-refractivity contribution in [2.24, 2.45) is 5.10 Å². The third-order valence-corrected chi connectivity index (χ3v) is 5.04. The van der Waals surface area contributed by atoms with Crippen LogP contribution in [-0.4, -0.2) is 21.6 Å². The Kier molecular flexibility index (Phi) is 5.89. The van der Waals surface area contributed by atoms with E-state index in [1.807, 2.05) is 37.3 Å². The number of rotatable bonds is 6. The van der Waals surface area contributed by atoms with Gasteiger partial charge in [0.05, 0.1) is 22.4 Å². The van der Waals surface area contributed by atoms with Gasteiger partial charge in [-0.25, -0.2) is 5.43 Å².